The van der Waals surface area contributed by atoms with Gasteiger partial charge in [-0.2, -0.15) is 4.72 Å². The van der Waals surface area contributed by atoms with E-state index in [2.05, 4.69) is 9.62 Å². The van der Waals surface area contributed by atoms with E-state index in [0.29, 0.717) is 43.6 Å². The molecule has 1 aliphatic heterocycles. The number of nitrogens with one attached hydrogen (secondary N) is 1. The third kappa shape index (κ3) is 5.70. The highest BCUT2D eigenvalue weighted by Crippen LogP contribution is 2.23. The summed E-state index contributed by atoms with van der Waals surface area (Å²) >= 11 is 6.07. The number of hydrogen-bond acceptors (Lipinski definition) is 5. The van der Waals surface area contributed by atoms with Crippen LogP contribution in [0.1, 0.15) is 19.4 Å². The molecule has 3 rings (SSSR count). The molecule has 1 fully saturated rings. The molecule has 0 aliphatic carbocycles. The second kappa shape index (κ2) is 9.89. The molecule has 1 aliphatic rings. The van der Waals surface area contributed by atoms with E-state index in [1.165, 1.54) is 6.07 Å². The van der Waals surface area contributed by atoms with Gasteiger partial charge in [-0.1, -0.05) is 17.7 Å². The Bertz CT molecular complexity index is 1040. The van der Waals surface area contributed by atoms with Crippen LogP contribution < -0.4 is 14.4 Å². The molecule has 0 aromatic heterocycles. The first-order valence-corrected chi connectivity index (χ1v) is 12.1. The molecule has 9 heteroatoms. The van der Waals surface area contributed by atoms with Gasteiger partial charge < -0.3 is 14.5 Å². The Kier molecular flexibility index (Phi) is 7.46. The van der Waals surface area contributed by atoms with E-state index in [9.17, 15) is 13.2 Å². The number of halogens is 1. The van der Waals surface area contributed by atoms with Crippen LogP contribution in [0.25, 0.3) is 0 Å². The molecule has 0 bridgehead atoms. The molecule has 2 aromatic carbocycles. The Hall–Kier alpha value is -2.29. The molecule has 0 spiro atoms. The Labute approximate surface area is 189 Å². The number of sulfonamides is 1. The Morgan fingerprint density at radius 2 is 1.87 bits per heavy atom. The van der Waals surface area contributed by atoms with Crippen LogP contribution in [0.5, 0.6) is 5.75 Å². The van der Waals surface area contributed by atoms with Gasteiger partial charge in [-0.25, -0.2) is 8.42 Å². The number of anilines is 1. The minimum atomic E-state index is -3.83. The summed E-state index contributed by atoms with van der Waals surface area (Å²) in [5.74, 6) is 0.403. The minimum absolute atomic E-state index is 0.110. The molecule has 1 atom stereocenters. The predicted octanol–water partition coefficient (Wildman–Crippen LogP) is 3.06. The molecule has 2 aromatic rings. The number of rotatable bonds is 7. The fourth-order valence-electron chi connectivity index (χ4n) is 3.59. The van der Waals surface area contributed by atoms with Gasteiger partial charge in [-0.05, 0) is 62.7 Å². The van der Waals surface area contributed by atoms with Crippen molar-refractivity contribution in [3.05, 3.63) is 53.1 Å². The Morgan fingerprint density at radius 3 is 2.48 bits per heavy atom. The highest BCUT2D eigenvalue weighted by atomic mass is 35.5. The SMILES string of the molecule is CCOc1ccc(S(=O)(=O)N[C@H](C)C(=O)N2CCN(c3cccc(Cl)c3)CC2)cc1C. The second-order valence-corrected chi connectivity index (χ2v) is 9.65. The van der Waals surface area contributed by atoms with Crippen molar-refractivity contribution in [2.45, 2.75) is 31.7 Å². The first kappa shape index (κ1) is 23.4. The first-order chi connectivity index (χ1) is 14.7. The molecule has 0 radical (unpaired) electrons. The van der Waals surface area contributed by atoms with Crippen molar-refractivity contribution in [1.82, 2.24) is 9.62 Å². The normalized spacial score (nSPS) is 15.6. The van der Waals surface area contributed by atoms with E-state index >= 15 is 0 Å². The molecule has 0 unspecified atom stereocenters. The van der Waals surface area contributed by atoms with E-state index in [4.69, 9.17) is 16.3 Å². The van der Waals surface area contributed by atoms with Crippen molar-refractivity contribution in [3.63, 3.8) is 0 Å². The summed E-state index contributed by atoms with van der Waals surface area (Å²) < 4.78 is 33.5. The van der Waals surface area contributed by atoms with Gasteiger partial charge >= 0.3 is 0 Å². The van der Waals surface area contributed by atoms with Crippen molar-refractivity contribution < 1.29 is 17.9 Å². The highest BCUT2D eigenvalue weighted by Gasteiger charge is 2.28. The van der Waals surface area contributed by atoms with Crippen molar-refractivity contribution in [3.8, 4) is 5.75 Å². The lowest BCUT2D eigenvalue weighted by Crippen LogP contribution is -2.54. The van der Waals surface area contributed by atoms with E-state index in [0.717, 1.165) is 11.3 Å². The molecule has 31 heavy (non-hydrogen) atoms. The lowest BCUT2D eigenvalue weighted by atomic mass is 10.2. The summed E-state index contributed by atoms with van der Waals surface area (Å²) in [6.07, 6.45) is 0. The number of benzene rings is 2. The molecule has 7 nitrogen and oxygen atoms in total. The second-order valence-electron chi connectivity index (χ2n) is 7.50. The standard InChI is InChI=1S/C22H28ClN3O4S/c1-4-30-21-9-8-20(14-16(21)2)31(28,29)24-17(3)22(27)26-12-10-25(11-13-26)19-7-5-6-18(23)15-19/h5-9,14-15,17,24H,4,10-13H2,1-3H3/t17-/m1/s1. The number of piperazine rings is 1. The van der Waals surface area contributed by atoms with E-state index in [1.807, 2.05) is 31.2 Å². The highest BCUT2D eigenvalue weighted by molar-refractivity contribution is 7.89. The summed E-state index contributed by atoms with van der Waals surface area (Å²) in [6.45, 7) is 8.07. The van der Waals surface area contributed by atoms with Crippen LogP contribution in [-0.4, -0.2) is 58.1 Å². The zero-order valence-electron chi connectivity index (χ0n) is 18.0. The van der Waals surface area contributed by atoms with Crippen molar-refractivity contribution in [1.29, 1.82) is 0 Å². The van der Waals surface area contributed by atoms with Crippen LogP contribution in [0, 0.1) is 6.92 Å². The third-order valence-electron chi connectivity index (χ3n) is 5.22. The fourth-order valence-corrected chi connectivity index (χ4v) is 5.06. The summed E-state index contributed by atoms with van der Waals surface area (Å²) in [7, 11) is -3.83. The third-order valence-corrected chi connectivity index (χ3v) is 7.00. The topological polar surface area (TPSA) is 78.9 Å². The molecule has 0 saturated carbocycles. The summed E-state index contributed by atoms with van der Waals surface area (Å²) in [6, 6.07) is 11.4. The van der Waals surface area contributed by atoms with Crippen molar-refractivity contribution in [2.24, 2.45) is 0 Å². The summed E-state index contributed by atoms with van der Waals surface area (Å²) in [4.78, 5) is 16.8. The van der Waals surface area contributed by atoms with Gasteiger partial charge in [-0.3, -0.25) is 4.79 Å². The van der Waals surface area contributed by atoms with Gasteiger partial charge in [0, 0.05) is 36.9 Å². The number of ether oxygens (including phenoxy) is 1. The minimum Gasteiger partial charge on any atom is -0.494 e. The maximum Gasteiger partial charge on any atom is 0.241 e. The van der Waals surface area contributed by atoms with Crippen LogP contribution >= 0.6 is 11.6 Å². The van der Waals surface area contributed by atoms with Gasteiger partial charge in [0.25, 0.3) is 0 Å². The molecule has 1 saturated heterocycles. The van der Waals surface area contributed by atoms with E-state index < -0.39 is 16.1 Å². The van der Waals surface area contributed by atoms with Crippen molar-refractivity contribution >= 4 is 33.2 Å². The average Bonchev–Trinajstić information content (AvgIpc) is 2.74. The number of carbonyl (C=O) groups is 1. The average molecular weight is 466 g/mol. The Balaban J connectivity index is 1.61. The van der Waals surface area contributed by atoms with Crippen LogP contribution in [-0.2, 0) is 14.8 Å². The number of carbonyl (C=O) groups excluding carboxylic acids is 1. The largest absolute Gasteiger partial charge is 0.494 e. The zero-order chi connectivity index (χ0) is 22.6. The zero-order valence-corrected chi connectivity index (χ0v) is 19.5. The monoisotopic (exact) mass is 465 g/mol. The lowest BCUT2D eigenvalue weighted by molar-refractivity contribution is -0.132. The van der Waals surface area contributed by atoms with Gasteiger partial charge in [-0.15, -0.1) is 0 Å². The number of hydrogen-bond donors (Lipinski definition) is 1. The Morgan fingerprint density at radius 1 is 1.16 bits per heavy atom. The molecule has 1 heterocycles. The summed E-state index contributed by atoms with van der Waals surface area (Å²) in [5.41, 5.74) is 1.74. The van der Waals surface area contributed by atoms with Gasteiger partial charge in [0.1, 0.15) is 5.75 Å². The van der Waals surface area contributed by atoms with Crippen LogP contribution in [0.3, 0.4) is 0 Å². The number of amides is 1. The van der Waals surface area contributed by atoms with E-state index in [1.54, 1.807) is 30.9 Å². The van der Waals surface area contributed by atoms with Crippen molar-refractivity contribution in [2.75, 3.05) is 37.7 Å². The van der Waals surface area contributed by atoms with Crippen LogP contribution in [0.15, 0.2) is 47.4 Å². The number of aryl methyl sites for hydroxylation is 1. The molecular formula is C22H28ClN3O4S. The van der Waals surface area contributed by atoms with Gasteiger partial charge in [0.05, 0.1) is 17.5 Å². The molecule has 1 N–H and O–H groups in total. The van der Waals surface area contributed by atoms with Gasteiger partial charge in [0.2, 0.25) is 15.9 Å². The maximum atomic E-state index is 12.8. The van der Waals surface area contributed by atoms with Crippen LogP contribution in [0.2, 0.25) is 5.02 Å². The van der Waals surface area contributed by atoms with E-state index in [-0.39, 0.29) is 10.8 Å². The number of nitrogens with zero attached hydrogens (tertiary/aromatic N) is 2. The predicted molar refractivity (Wildman–Crippen MR) is 122 cm³/mol. The fraction of sp³-hybridized carbons (Fsp3) is 0.409. The molecule has 168 valence electrons. The lowest BCUT2D eigenvalue weighted by Gasteiger charge is -2.37. The van der Waals surface area contributed by atoms with Crippen LogP contribution in [0.4, 0.5) is 5.69 Å². The molecular weight excluding hydrogens is 438 g/mol. The quantitative estimate of drug-likeness (QED) is 0.679. The summed E-state index contributed by atoms with van der Waals surface area (Å²) in [5, 5.41) is 0.670. The van der Waals surface area contributed by atoms with Gasteiger partial charge in [0.15, 0.2) is 0 Å². The smallest absolute Gasteiger partial charge is 0.241 e. The first-order valence-electron chi connectivity index (χ1n) is 10.3. The maximum absolute atomic E-state index is 12.8. The molecule has 1 amide bonds.